The minimum Gasteiger partial charge on any atom is -0.493 e. The summed E-state index contributed by atoms with van der Waals surface area (Å²) >= 11 is 5.91. The van der Waals surface area contributed by atoms with Crippen molar-refractivity contribution in [3.63, 3.8) is 0 Å². The number of hydrogen-bond donors (Lipinski definition) is 1. The molecule has 0 bridgehead atoms. The molecule has 0 unspecified atom stereocenters. The fraction of sp³-hybridized carbons (Fsp3) is 0.200. The largest absolute Gasteiger partial charge is 0.493 e. The Hall–Kier alpha value is -3.51. The van der Waals surface area contributed by atoms with Crippen molar-refractivity contribution >= 4 is 23.7 Å². The highest BCUT2D eigenvalue weighted by Gasteiger charge is 2.07. The van der Waals surface area contributed by atoms with Crippen LogP contribution >= 0.6 is 11.6 Å². The van der Waals surface area contributed by atoms with E-state index in [4.69, 9.17) is 25.8 Å². The minimum atomic E-state index is -0.350. The van der Waals surface area contributed by atoms with Gasteiger partial charge in [0.05, 0.1) is 13.3 Å². The Morgan fingerprint density at radius 1 is 0.969 bits per heavy atom. The molecule has 0 saturated heterocycles. The van der Waals surface area contributed by atoms with Crippen LogP contribution in [-0.2, 0) is 11.4 Å². The van der Waals surface area contributed by atoms with Crippen molar-refractivity contribution in [2.24, 2.45) is 5.10 Å². The van der Waals surface area contributed by atoms with Gasteiger partial charge in [-0.1, -0.05) is 35.9 Å². The first-order chi connectivity index (χ1) is 15.4. The summed E-state index contributed by atoms with van der Waals surface area (Å²) in [5.41, 5.74) is 6.24. The van der Waals surface area contributed by atoms with Gasteiger partial charge in [0.1, 0.15) is 12.4 Å². The van der Waals surface area contributed by atoms with Crippen LogP contribution in [0.5, 0.6) is 17.2 Å². The van der Waals surface area contributed by atoms with Gasteiger partial charge in [-0.2, -0.15) is 5.10 Å². The smallest absolute Gasteiger partial charge is 0.277 e. The number of amides is 1. The number of nitrogens with one attached hydrogen (secondary N) is 1. The zero-order chi connectivity index (χ0) is 22.9. The number of methoxy groups -OCH3 is 1. The summed E-state index contributed by atoms with van der Waals surface area (Å²) in [6.45, 7) is 4.17. The predicted molar refractivity (Wildman–Crippen MR) is 126 cm³/mol. The summed E-state index contributed by atoms with van der Waals surface area (Å²) in [4.78, 5) is 12.0. The lowest BCUT2D eigenvalue weighted by Gasteiger charge is -2.11. The van der Waals surface area contributed by atoms with Gasteiger partial charge < -0.3 is 14.2 Å². The van der Waals surface area contributed by atoms with Crippen LogP contribution in [0.3, 0.4) is 0 Å². The van der Waals surface area contributed by atoms with Crippen LogP contribution in [-0.4, -0.2) is 25.8 Å². The molecule has 0 heterocycles. The predicted octanol–water partition coefficient (Wildman–Crippen LogP) is 5.07. The van der Waals surface area contributed by atoms with E-state index in [0.29, 0.717) is 28.9 Å². The Bertz CT molecular complexity index is 1100. The number of hydrogen-bond acceptors (Lipinski definition) is 5. The lowest BCUT2D eigenvalue weighted by Crippen LogP contribution is -2.24. The van der Waals surface area contributed by atoms with Gasteiger partial charge >= 0.3 is 0 Å². The van der Waals surface area contributed by atoms with Crippen LogP contribution in [0.2, 0.25) is 5.02 Å². The van der Waals surface area contributed by atoms with Crippen molar-refractivity contribution in [2.45, 2.75) is 20.5 Å². The zero-order valence-electron chi connectivity index (χ0n) is 18.2. The molecule has 1 N–H and O–H groups in total. The van der Waals surface area contributed by atoms with Crippen LogP contribution in [0.25, 0.3) is 0 Å². The quantitative estimate of drug-likeness (QED) is 0.363. The van der Waals surface area contributed by atoms with Crippen LogP contribution in [0, 0.1) is 13.8 Å². The molecule has 0 aliphatic carbocycles. The highest BCUT2D eigenvalue weighted by Crippen LogP contribution is 2.28. The van der Waals surface area contributed by atoms with E-state index in [1.54, 1.807) is 19.2 Å². The molecular weight excluding hydrogens is 428 g/mol. The number of benzene rings is 3. The highest BCUT2D eigenvalue weighted by atomic mass is 35.5. The summed E-state index contributed by atoms with van der Waals surface area (Å²) in [5, 5.41) is 4.67. The number of rotatable bonds is 9. The lowest BCUT2D eigenvalue weighted by atomic mass is 10.1. The first kappa shape index (κ1) is 23.2. The van der Waals surface area contributed by atoms with Gasteiger partial charge in [0.25, 0.3) is 5.91 Å². The third-order valence-electron chi connectivity index (χ3n) is 4.60. The molecule has 0 aromatic heterocycles. The van der Waals surface area contributed by atoms with E-state index in [1.807, 2.05) is 62.4 Å². The molecule has 0 aliphatic heterocycles. The van der Waals surface area contributed by atoms with E-state index in [0.717, 1.165) is 22.3 Å². The SMILES string of the molecule is COc1cc(/C=N/NC(=O)COc2cc(C)ccc2C)ccc1OCc1ccc(Cl)cc1. The second-order valence-corrected chi connectivity index (χ2v) is 7.61. The molecular formula is C25H25ClN2O4. The Labute approximate surface area is 192 Å². The summed E-state index contributed by atoms with van der Waals surface area (Å²) in [6.07, 6.45) is 1.53. The van der Waals surface area contributed by atoms with E-state index in [-0.39, 0.29) is 12.5 Å². The molecule has 3 aromatic carbocycles. The van der Waals surface area contributed by atoms with Crippen molar-refractivity contribution in [3.8, 4) is 17.2 Å². The van der Waals surface area contributed by atoms with E-state index >= 15 is 0 Å². The molecule has 6 nitrogen and oxygen atoms in total. The van der Waals surface area contributed by atoms with Crippen LogP contribution in [0.15, 0.2) is 65.8 Å². The second-order valence-electron chi connectivity index (χ2n) is 7.18. The van der Waals surface area contributed by atoms with Crippen molar-refractivity contribution in [3.05, 3.63) is 87.9 Å². The van der Waals surface area contributed by atoms with Gasteiger partial charge in [-0.05, 0) is 72.5 Å². The van der Waals surface area contributed by atoms with Gasteiger partial charge in [-0.25, -0.2) is 5.43 Å². The van der Waals surface area contributed by atoms with Crippen LogP contribution in [0.1, 0.15) is 22.3 Å². The standard InChI is InChI=1S/C25H25ClN2O4/c1-17-4-5-18(2)23(12-17)32-16-25(29)28-27-14-20-8-11-22(24(13-20)30-3)31-15-19-6-9-21(26)10-7-19/h4-14H,15-16H2,1-3H3,(H,28,29)/b27-14+. The van der Waals surface area contributed by atoms with Gasteiger partial charge in [-0.15, -0.1) is 0 Å². The maximum Gasteiger partial charge on any atom is 0.277 e. The molecule has 0 atom stereocenters. The monoisotopic (exact) mass is 452 g/mol. The maximum atomic E-state index is 12.0. The third kappa shape index (κ3) is 6.75. The molecule has 0 aliphatic rings. The Kier molecular flexibility index (Phi) is 8.11. The Morgan fingerprint density at radius 3 is 2.50 bits per heavy atom. The van der Waals surface area contributed by atoms with Crippen molar-refractivity contribution in [1.82, 2.24) is 5.43 Å². The molecule has 166 valence electrons. The number of ether oxygens (including phenoxy) is 3. The molecule has 0 radical (unpaired) electrons. The molecule has 3 rings (SSSR count). The maximum absolute atomic E-state index is 12.0. The topological polar surface area (TPSA) is 69.2 Å². The summed E-state index contributed by atoms with van der Waals surface area (Å²) in [5.74, 6) is 1.50. The number of aryl methyl sites for hydroxylation is 2. The molecule has 3 aromatic rings. The first-order valence-electron chi connectivity index (χ1n) is 10.0. The summed E-state index contributed by atoms with van der Waals surface area (Å²) in [7, 11) is 1.57. The minimum absolute atomic E-state index is 0.123. The fourth-order valence-corrected chi connectivity index (χ4v) is 2.97. The highest BCUT2D eigenvalue weighted by molar-refractivity contribution is 6.30. The summed E-state index contributed by atoms with van der Waals surface area (Å²) < 4.78 is 16.8. The lowest BCUT2D eigenvalue weighted by molar-refractivity contribution is -0.123. The van der Waals surface area contributed by atoms with Crippen LogP contribution < -0.4 is 19.6 Å². The molecule has 7 heteroatoms. The van der Waals surface area contributed by atoms with E-state index in [9.17, 15) is 4.79 Å². The molecule has 0 spiro atoms. The van der Waals surface area contributed by atoms with E-state index in [2.05, 4.69) is 10.5 Å². The van der Waals surface area contributed by atoms with Gasteiger partial charge in [0, 0.05) is 5.02 Å². The first-order valence-corrected chi connectivity index (χ1v) is 10.4. The normalized spacial score (nSPS) is 10.8. The fourth-order valence-electron chi connectivity index (χ4n) is 2.84. The molecule has 32 heavy (non-hydrogen) atoms. The Balaban J connectivity index is 1.53. The second kappa shape index (κ2) is 11.2. The molecule has 1 amide bonds. The van der Waals surface area contributed by atoms with Crippen molar-refractivity contribution in [1.29, 1.82) is 0 Å². The number of carbonyl (C=O) groups is 1. The van der Waals surface area contributed by atoms with Gasteiger partial charge in [0.2, 0.25) is 0 Å². The van der Waals surface area contributed by atoms with Gasteiger partial charge in [0.15, 0.2) is 18.1 Å². The van der Waals surface area contributed by atoms with Crippen molar-refractivity contribution in [2.75, 3.05) is 13.7 Å². The molecule has 0 saturated carbocycles. The third-order valence-corrected chi connectivity index (χ3v) is 4.85. The van der Waals surface area contributed by atoms with E-state index in [1.165, 1.54) is 6.21 Å². The average molecular weight is 453 g/mol. The number of hydrazone groups is 1. The van der Waals surface area contributed by atoms with E-state index < -0.39 is 0 Å². The van der Waals surface area contributed by atoms with Gasteiger partial charge in [-0.3, -0.25) is 4.79 Å². The summed E-state index contributed by atoms with van der Waals surface area (Å²) in [6, 6.07) is 18.7. The molecule has 0 fully saturated rings. The Morgan fingerprint density at radius 2 is 1.75 bits per heavy atom. The average Bonchev–Trinajstić information content (AvgIpc) is 2.79. The number of carbonyl (C=O) groups excluding carboxylic acids is 1. The van der Waals surface area contributed by atoms with Crippen LogP contribution in [0.4, 0.5) is 0 Å². The van der Waals surface area contributed by atoms with Crippen molar-refractivity contribution < 1.29 is 19.0 Å². The number of nitrogens with zero attached hydrogens (tertiary/aromatic N) is 1. The number of halogens is 1. The zero-order valence-corrected chi connectivity index (χ0v) is 19.0.